The second-order valence-electron chi connectivity index (χ2n) is 5.20. The average Bonchev–Trinajstić information content (AvgIpc) is 3.04. The van der Waals surface area contributed by atoms with Crippen molar-refractivity contribution in [1.29, 1.82) is 0 Å². The van der Waals surface area contributed by atoms with E-state index in [1.807, 2.05) is 29.2 Å². The van der Waals surface area contributed by atoms with E-state index in [-0.39, 0.29) is 5.91 Å². The number of anilines is 1. The number of carbonyl (C=O) groups is 1. The highest BCUT2D eigenvalue weighted by molar-refractivity contribution is 6.01. The molecule has 1 atom stereocenters. The average molecular weight is 257 g/mol. The van der Waals surface area contributed by atoms with Crippen LogP contribution in [-0.4, -0.2) is 28.4 Å². The second-order valence-corrected chi connectivity index (χ2v) is 5.20. The van der Waals surface area contributed by atoms with Crippen LogP contribution in [0.4, 0.5) is 5.69 Å². The molecule has 0 aliphatic carbocycles. The molecule has 0 spiro atoms. The number of nitrogens with zero attached hydrogens (tertiary/aromatic N) is 1. The number of amides is 1. The van der Waals surface area contributed by atoms with Crippen LogP contribution in [-0.2, 0) is 0 Å². The molecule has 0 saturated carbocycles. The maximum atomic E-state index is 12.6. The van der Waals surface area contributed by atoms with E-state index in [0.717, 1.165) is 36.7 Å². The van der Waals surface area contributed by atoms with Gasteiger partial charge in [-0.15, -0.1) is 0 Å². The number of nitrogen functional groups attached to an aromatic ring is 1. The predicted molar refractivity (Wildman–Crippen MR) is 77.1 cm³/mol. The van der Waals surface area contributed by atoms with Gasteiger partial charge in [-0.1, -0.05) is 19.1 Å². The quantitative estimate of drug-likeness (QED) is 0.813. The number of hydrogen-bond donors (Lipinski definition) is 2. The Bertz CT molecular complexity index is 617. The SMILES string of the molecule is CCC1CCCN1C(=O)c1cc2cccc(N)c2[nH]1. The minimum atomic E-state index is 0.0972. The van der Waals surface area contributed by atoms with Gasteiger partial charge in [0, 0.05) is 18.0 Å². The van der Waals surface area contributed by atoms with Gasteiger partial charge in [0.05, 0.1) is 11.2 Å². The Hall–Kier alpha value is -1.97. The summed E-state index contributed by atoms with van der Waals surface area (Å²) in [7, 11) is 0. The predicted octanol–water partition coefficient (Wildman–Crippen LogP) is 2.76. The summed E-state index contributed by atoms with van der Waals surface area (Å²) in [5, 5.41) is 0.996. The molecule has 100 valence electrons. The summed E-state index contributed by atoms with van der Waals surface area (Å²) in [6.07, 6.45) is 3.24. The highest BCUT2D eigenvalue weighted by atomic mass is 16.2. The first-order valence-corrected chi connectivity index (χ1v) is 6.89. The summed E-state index contributed by atoms with van der Waals surface area (Å²) in [6, 6.07) is 8.01. The van der Waals surface area contributed by atoms with E-state index >= 15 is 0 Å². The molecule has 1 aromatic carbocycles. The van der Waals surface area contributed by atoms with E-state index in [4.69, 9.17) is 5.73 Å². The maximum Gasteiger partial charge on any atom is 0.270 e. The molecule has 4 nitrogen and oxygen atoms in total. The number of carbonyl (C=O) groups excluding carboxylic acids is 1. The number of hydrogen-bond acceptors (Lipinski definition) is 2. The van der Waals surface area contributed by atoms with E-state index in [1.54, 1.807) is 0 Å². The second kappa shape index (κ2) is 4.61. The van der Waals surface area contributed by atoms with Crippen LogP contribution in [0.3, 0.4) is 0 Å². The molecular formula is C15H19N3O. The fraction of sp³-hybridized carbons (Fsp3) is 0.400. The zero-order chi connectivity index (χ0) is 13.4. The fourth-order valence-corrected chi connectivity index (χ4v) is 2.98. The summed E-state index contributed by atoms with van der Waals surface area (Å²) >= 11 is 0. The number of fused-ring (bicyclic) bond motifs is 1. The number of aromatic nitrogens is 1. The van der Waals surface area contributed by atoms with Crippen molar-refractivity contribution in [1.82, 2.24) is 9.88 Å². The molecule has 0 radical (unpaired) electrons. The van der Waals surface area contributed by atoms with Gasteiger partial charge >= 0.3 is 0 Å². The Kier molecular flexibility index (Phi) is 2.93. The highest BCUT2D eigenvalue weighted by Crippen LogP contribution is 2.25. The third kappa shape index (κ3) is 1.97. The van der Waals surface area contributed by atoms with E-state index in [1.165, 1.54) is 0 Å². The van der Waals surface area contributed by atoms with E-state index in [2.05, 4.69) is 11.9 Å². The normalized spacial score (nSPS) is 19.2. The van der Waals surface area contributed by atoms with Crippen LogP contribution in [0, 0.1) is 0 Å². The molecular weight excluding hydrogens is 238 g/mol. The molecule has 19 heavy (non-hydrogen) atoms. The van der Waals surface area contributed by atoms with Crippen LogP contribution in [0.25, 0.3) is 10.9 Å². The topological polar surface area (TPSA) is 62.1 Å². The van der Waals surface area contributed by atoms with Crippen LogP contribution < -0.4 is 5.73 Å². The van der Waals surface area contributed by atoms with Crippen molar-refractivity contribution >= 4 is 22.5 Å². The number of H-pyrrole nitrogens is 1. The van der Waals surface area contributed by atoms with Crippen molar-refractivity contribution in [3.63, 3.8) is 0 Å². The molecule has 1 amide bonds. The van der Waals surface area contributed by atoms with Gasteiger partial charge in [-0.3, -0.25) is 4.79 Å². The molecule has 2 aromatic rings. The maximum absolute atomic E-state index is 12.6. The van der Waals surface area contributed by atoms with Gasteiger partial charge in [0.15, 0.2) is 0 Å². The molecule has 2 heterocycles. The number of para-hydroxylation sites is 1. The smallest absolute Gasteiger partial charge is 0.270 e. The molecule has 3 N–H and O–H groups in total. The summed E-state index contributed by atoms with van der Waals surface area (Å²) in [4.78, 5) is 17.7. The zero-order valence-electron chi connectivity index (χ0n) is 11.1. The van der Waals surface area contributed by atoms with Gasteiger partial charge in [0.25, 0.3) is 5.91 Å². The van der Waals surface area contributed by atoms with Crippen LogP contribution >= 0.6 is 0 Å². The minimum absolute atomic E-state index is 0.0972. The third-order valence-corrected chi connectivity index (χ3v) is 4.03. The van der Waals surface area contributed by atoms with Crippen molar-refractivity contribution in [2.24, 2.45) is 0 Å². The number of nitrogens with one attached hydrogen (secondary N) is 1. The molecule has 1 unspecified atom stereocenters. The molecule has 0 bridgehead atoms. The lowest BCUT2D eigenvalue weighted by molar-refractivity contribution is 0.0728. The largest absolute Gasteiger partial charge is 0.397 e. The van der Waals surface area contributed by atoms with Crippen molar-refractivity contribution in [2.75, 3.05) is 12.3 Å². The van der Waals surface area contributed by atoms with E-state index < -0.39 is 0 Å². The van der Waals surface area contributed by atoms with Gasteiger partial charge in [-0.25, -0.2) is 0 Å². The standard InChI is InChI=1S/C15H19N3O/c1-2-11-6-4-8-18(11)15(19)13-9-10-5-3-7-12(16)14(10)17-13/h3,5,7,9,11,17H,2,4,6,8,16H2,1H3. The number of benzene rings is 1. The minimum Gasteiger partial charge on any atom is -0.397 e. The van der Waals surface area contributed by atoms with E-state index in [0.29, 0.717) is 17.4 Å². The number of nitrogens with two attached hydrogens (primary N) is 1. The molecule has 1 aliphatic rings. The first kappa shape index (κ1) is 12.1. The number of aromatic amines is 1. The Morgan fingerprint density at radius 1 is 1.53 bits per heavy atom. The molecule has 3 rings (SSSR count). The van der Waals surface area contributed by atoms with Crippen LogP contribution in [0.15, 0.2) is 24.3 Å². The van der Waals surface area contributed by atoms with Crippen LogP contribution in [0.5, 0.6) is 0 Å². The molecule has 4 heteroatoms. The lowest BCUT2D eigenvalue weighted by Gasteiger charge is -2.22. The Morgan fingerprint density at radius 2 is 2.37 bits per heavy atom. The third-order valence-electron chi connectivity index (χ3n) is 4.03. The zero-order valence-corrected chi connectivity index (χ0v) is 11.1. The fourth-order valence-electron chi connectivity index (χ4n) is 2.98. The molecule has 1 aliphatic heterocycles. The van der Waals surface area contributed by atoms with Gasteiger partial charge < -0.3 is 15.6 Å². The molecule has 1 fully saturated rings. The van der Waals surface area contributed by atoms with Crippen molar-refractivity contribution < 1.29 is 4.79 Å². The van der Waals surface area contributed by atoms with Gasteiger partial charge in [0.1, 0.15) is 5.69 Å². The van der Waals surface area contributed by atoms with Gasteiger partial charge in [-0.2, -0.15) is 0 Å². The summed E-state index contributed by atoms with van der Waals surface area (Å²) in [5.41, 5.74) is 8.11. The number of rotatable bonds is 2. The Morgan fingerprint density at radius 3 is 3.11 bits per heavy atom. The summed E-state index contributed by atoms with van der Waals surface area (Å²) in [5.74, 6) is 0.0972. The van der Waals surface area contributed by atoms with Gasteiger partial charge in [0.2, 0.25) is 0 Å². The Labute approximate surface area is 112 Å². The monoisotopic (exact) mass is 257 g/mol. The van der Waals surface area contributed by atoms with Gasteiger partial charge in [-0.05, 0) is 31.4 Å². The molecule has 1 saturated heterocycles. The first-order valence-electron chi connectivity index (χ1n) is 6.89. The van der Waals surface area contributed by atoms with Crippen LogP contribution in [0.2, 0.25) is 0 Å². The van der Waals surface area contributed by atoms with E-state index in [9.17, 15) is 4.79 Å². The van der Waals surface area contributed by atoms with Crippen molar-refractivity contribution in [3.05, 3.63) is 30.0 Å². The first-order chi connectivity index (χ1) is 9.20. The van der Waals surface area contributed by atoms with Crippen LogP contribution in [0.1, 0.15) is 36.7 Å². The lowest BCUT2D eigenvalue weighted by Crippen LogP contribution is -2.35. The lowest BCUT2D eigenvalue weighted by atomic mass is 10.1. The summed E-state index contributed by atoms with van der Waals surface area (Å²) in [6.45, 7) is 3.00. The summed E-state index contributed by atoms with van der Waals surface area (Å²) < 4.78 is 0. The molecule has 1 aromatic heterocycles. The van der Waals surface area contributed by atoms with Crippen molar-refractivity contribution in [2.45, 2.75) is 32.2 Å². The van der Waals surface area contributed by atoms with Crippen molar-refractivity contribution in [3.8, 4) is 0 Å². The Balaban J connectivity index is 1.95. The highest BCUT2D eigenvalue weighted by Gasteiger charge is 2.28. The number of likely N-dealkylation sites (tertiary alicyclic amines) is 1.